The summed E-state index contributed by atoms with van der Waals surface area (Å²) < 4.78 is 34.2. The number of hydrogen-bond acceptors (Lipinski definition) is 6. The van der Waals surface area contributed by atoms with Crippen molar-refractivity contribution in [1.82, 2.24) is 15.4 Å². The average molecular weight is 555 g/mol. The molecule has 1 heterocycles. The minimum Gasteiger partial charge on any atom is -0.359 e. The highest BCUT2D eigenvalue weighted by Crippen LogP contribution is 2.30. The molecule has 0 saturated heterocycles. The SMILES string of the molecule is CCCC(=O)N(Cc1ccc(-c2ccccc2S(=O)(=O)Nc2noc(C)c2C)cc1)C(C(=O)NCC)C(C)C. The van der Waals surface area contributed by atoms with Gasteiger partial charge in [-0.3, -0.25) is 14.3 Å². The first-order valence-electron chi connectivity index (χ1n) is 13.2. The van der Waals surface area contributed by atoms with Crippen molar-refractivity contribution in [3.63, 3.8) is 0 Å². The monoisotopic (exact) mass is 554 g/mol. The fourth-order valence-corrected chi connectivity index (χ4v) is 5.69. The Morgan fingerprint density at radius 1 is 1.03 bits per heavy atom. The third-order valence-corrected chi connectivity index (χ3v) is 7.95. The molecule has 0 fully saturated rings. The van der Waals surface area contributed by atoms with Crippen molar-refractivity contribution in [3.05, 3.63) is 65.4 Å². The molecule has 1 unspecified atom stereocenters. The van der Waals surface area contributed by atoms with E-state index in [1.165, 1.54) is 0 Å². The molecule has 1 aromatic heterocycles. The number of aryl methyl sites for hydroxylation is 1. The van der Waals surface area contributed by atoms with Gasteiger partial charge in [-0.1, -0.05) is 68.4 Å². The first-order chi connectivity index (χ1) is 18.5. The van der Waals surface area contributed by atoms with Crippen molar-refractivity contribution in [1.29, 1.82) is 0 Å². The third kappa shape index (κ3) is 7.06. The van der Waals surface area contributed by atoms with Crippen LogP contribution in [0.1, 0.15) is 57.4 Å². The van der Waals surface area contributed by atoms with Gasteiger partial charge in [0, 0.05) is 30.6 Å². The van der Waals surface area contributed by atoms with Crippen LogP contribution < -0.4 is 10.0 Å². The van der Waals surface area contributed by atoms with E-state index >= 15 is 0 Å². The Morgan fingerprint density at radius 2 is 1.69 bits per heavy atom. The van der Waals surface area contributed by atoms with Gasteiger partial charge in [0.1, 0.15) is 11.8 Å². The van der Waals surface area contributed by atoms with E-state index in [-0.39, 0.29) is 35.0 Å². The standard InChI is InChI=1S/C29H38N4O5S/c1-7-11-26(34)33(27(19(3)4)29(35)30-8-2)18-22-14-16-23(17-15-22)24-12-9-10-13-25(24)39(36,37)32-28-20(5)21(6)38-31-28/h9-10,12-17,19,27H,7-8,11,18H2,1-6H3,(H,30,35)(H,31,32). The maximum Gasteiger partial charge on any atom is 0.263 e. The first kappa shape index (κ1) is 29.9. The van der Waals surface area contributed by atoms with Crippen LogP contribution >= 0.6 is 0 Å². The summed E-state index contributed by atoms with van der Waals surface area (Å²) in [6.45, 7) is 11.9. The van der Waals surface area contributed by atoms with Crippen LogP contribution in [-0.2, 0) is 26.2 Å². The third-order valence-electron chi connectivity index (χ3n) is 6.55. The fourth-order valence-electron chi connectivity index (χ4n) is 4.40. The van der Waals surface area contributed by atoms with Gasteiger partial charge in [0.05, 0.1) is 4.90 Å². The highest BCUT2D eigenvalue weighted by molar-refractivity contribution is 7.92. The lowest BCUT2D eigenvalue weighted by molar-refractivity contribution is -0.143. The van der Waals surface area contributed by atoms with Crippen LogP contribution in [0.15, 0.2) is 57.9 Å². The second kappa shape index (κ2) is 12.9. The zero-order valence-corrected chi connectivity index (χ0v) is 24.3. The molecule has 3 aromatic rings. The van der Waals surface area contributed by atoms with Crippen LogP contribution in [-0.4, -0.2) is 42.9 Å². The first-order valence-corrected chi connectivity index (χ1v) is 14.7. The molecule has 0 aliphatic heterocycles. The maximum atomic E-state index is 13.3. The molecule has 210 valence electrons. The van der Waals surface area contributed by atoms with Crippen molar-refractivity contribution >= 4 is 27.7 Å². The highest BCUT2D eigenvalue weighted by Gasteiger charge is 2.32. The number of benzene rings is 2. The molecule has 9 nitrogen and oxygen atoms in total. The van der Waals surface area contributed by atoms with Gasteiger partial charge in [-0.05, 0) is 50.3 Å². The highest BCUT2D eigenvalue weighted by atomic mass is 32.2. The van der Waals surface area contributed by atoms with E-state index < -0.39 is 16.1 Å². The maximum absolute atomic E-state index is 13.3. The Balaban J connectivity index is 1.92. The summed E-state index contributed by atoms with van der Waals surface area (Å²) in [7, 11) is -3.95. The number of likely N-dealkylation sites (N-methyl/N-ethyl adjacent to an activating group) is 1. The normalized spacial score (nSPS) is 12.3. The van der Waals surface area contributed by atoms with E-state index in [4.69, 9.17) is 4.52 Å². The lowest BCUT2D eigenvalue weighted by Crippen LogP contribution is -2.51. The number of nitrogens with zero attached hydrogens (tertiary/aromatic N) is 2. The molecule has 0 spiro atoms. The number of sulfonamides is 1. The summed E-state index contributed by atoms with van der Waals surface area (Å²) in [5.41, 5.74) is 2.68. The molecule has 39 heavy (non-hydrogen) atoms. The average Bonchev–Trinajstić information content (AvgIpc) is 3.20. The largest absolute Gasteiger partial charge is 0.359 e. The van der Waals surface area contributed by atoms with E-state index in [1.807, 2.05) is 52.0 Å². The number of anilines is 1. The minimum atomic E-state index is -3.95. The summed E-state index contributed by atoms with van der Waals surface area (Å²) >= 11 is 0. The van der Waals surface area contributed by atoms with E-state index in [0.29, 0.717) is 41.8 Å². The zero-order chi connectivity index (χ0) is 28.7. The van der Waals surface area contributed by atoms with Gasteiger partial charge in [0.25, 0.3) is 10.0 Å². The quantitative estimate of drug-likeness (QED) is 0.323. The van der Waals surface area contributed by atoms with E-state index in [2.05, 4.69) is 15.2 Å². The summed E-state index contributed by atoms with van der Waals surface area (Å²) in [4.78, 5) is 27.7. The summed E-state index contributed by atoms with van der Waals surface area (Å²) in [6, 6.07) is 13.5. The molecule has 0 radical (unpaired) electrons. The number of aromatic nitrogens is 1. The van der Waals surface area contributed by atoms with Crippen molar-refractivity contribution in [2.75, 3.05) is 11.3 Å². The van der Waals surface area contributed by atoms with Gasteiger partial charge in [-0.25, -0.2) is 8.42 Å². The minimum absolute atomic E-state index is 0.0710. The molecule has 0 aliphatic rings. The Morgan fingerprint density at radius 3 is 2.26 bits per heavy atom. The van der Waals surface area contributed by atoms with Crippen LogP contribution in [0.4, 0.5) is 5.82 Å². The van der Waals surface area contributed by atoms with Gasteiger partial charge >= 0.3 is 0 Å². The van der Waals surface area contributed by atoms with E-state index in [1.54, 1.807) is 43.0 Å². The molecule has 0 bridgehead atoms. The lowest BCUT2D eigenvalue weighted by Gasteiger charge is -2.33. The van der Waals surface area contributed by atoms with Gasteiger partial charge in [0.2, 0.25) is 11.8 Å². The number of nitrogens with one attached hydrogen (secondary N) is 2. The van der Waals surface area contributed by atoms with Gasteiger partial charge in [-0.15, -0.1) is 0 Å². The Kier molecular flexibility index (Phi) is 9.91. The number of rotatable bonds is 12. The molecule has 0 aliphatic carbocycles. The number of carbonyl (C=O) groups is 2. The van der Waals surface area contributed by atoms with Crippen LogP contribution in [0.25, 0.3) is 11.1 Å². The molecule has 1 atom stereocenters. The predicted molar refractivity (Wildman–Crippen MR) is 151 cm³/mol. The summed E-state index contributed by atoms with van der Waals surface area (Å²) in [5.74, 6) is 0.375. The van der Waals surface area contributed by atoms with Crippen LogP contribution in [0, 0.1) is 19.8 Å². The smallest absolute Gasteiger partial charge is 0.263 e. The Labute approximate surface area is 231 Å². The summed E-state index contributed by atoms with van der Waals surface area (Å²) in [5, 5.41) is 6.68. The molecule has 2 aromatic carbocycles. The van der Waals surface area contributed by atoms with Gasteiger partial charge < -0.3 is 14.7 Å². The molecular formula is C29H38N4O5S. The second-order valence-electron chi connectivity index (χ2n) is 9.87. The Hall–Kier alpha value is -3.66. The van der Waals surface area contributed by atoms with E-state index in [0.717, 1.165) is 5.56 Å². The van der Waals surface area contributed by atoms with Crippen LogP contribution in [0.3, 0.4) is 0 Å². The van der Waals surface area contributed by atoms with Crippen molar-refractivity contribution in [2.24, 2.45) is 5.92 Å². The number of hydrogen-bond donors (Lipinski definition) is 2. The van der Waals surface area contributed by atoms with Gasteiger partial charge in [-0.2, -0.15) is 0 Å². The molecular weight excluding hydrogens is 516 g/mol. The Bertz CT molecular complexity index is 1400. The van der Waals surface area contributed by atoms with E-state index in [9.17, 15) is 18.0 Å². The molecule has 0 saturated carbocycles. The number of carbonyl (C=O) groups excluding carboxylic acids is 2. The van der Waals surface area contributed by atoms with Crippen molar-refractivity contribution in [2.45, 2.75) is 71.9 Å². The van der Waals surface area contributed by atoms with Crippen LogP contribution in [0.2, 0.25) is 0 Å². The molecule has 2 amide bonds. The molecule has 3 rings (SSSR count). The van der Waals surface area contributed by atoms with Crippen LogP contribution in [0.5, 0.6) is 0 Å². The second-order valence-corrected chi connectivity index (χ2v) is 11.5. The number of amides is 2. The van der Waals surface area contributed by atoms with Gasteiger partial charge in [0.15, 0.2) is 5.82 Å². The zero-order valence-electron chi connectivity index (χ0n) is 23.4. The molecule has 10 heteroatoms. The topological polar surface area (TPSA) is 122 Å². The fraction of sp³-hybridized carbons (Fsp3) is 0.414. The van der Waals surface area contributed by atoms with Crippen molar-refractivity contribution < 1.29 is 22.5 Å². The molecule has 2 N–H and O–H groups in total. The lowest BCUT2D eigenvalue weighted by atomic mass is 9.99. The summed E-state index contributed by atoms with van der Waals surface area (Å²) in [6.07, 6.45) is 1.03. The van der Waals surface area contributed by atoms with Crippen molar-refractivity contribution in [3.8, 4) is 11.1 Å². The predicted octanol–water partition coefficient (Wildman–Crippen LogP) is 5.05.